The van der Waals surface area contributed by atoms with Crippen molar-refractivity contribution in [3.8, 4) is 0 Å². The fourth-order valence-electron chi connectivity index (χ4n) is 1.09. The van der Waals surface area contributed by atoms with Gasteiger partial charge in [0.25, 0.3) is 11.8 Å². The lowest BCUT2D eigenvalue weighted by molar-refractivity contribution is -0.160. The van der Waals surface area contributed by atoms with Crippen molar-refractivity contribution in [1.29, 1.82) is 0 Å². The van der Waals surface area contributed by atoms with Crippen molar-refractivity contribution in [1.82, 2.24) is 4.90 Å². The number of imide groups is 1. The third kappa shape index (κ3) is 3.19. The number of carbonyl (C=O) groups is 3. The second kappa shape index (κ2) is 3.84. The first-order valence-corrected chi connectivity index (χ1v) is 4.55. The van der Waals surface area contributed by atoms with Crippen molar-refractivity contribution in [2.75, 3.05) is 6.54 Å². The fourth-order valence-corrected chi connectivity index (χ4v) is 1.09. The highest BCUT2D eigenvalue weighted by Crippen LogP contribution is 2.09. The van der Waals surface area contributed by atoms with E-state index in [0.717, 1.165) is 17.1 Å². The zero-order chi connectivity index (χ0) is 11.6. The highest BCUT2D eigenvalue weighted by molar-refractivity contribution is 6.14. The molecule has 0 saturated heterocycles. The zero-order valence-electron chi connectivity index (χ0n) is 8.94. The Balaban J connectivity index is 2.53. The molecule has 0 N–H and O–H groups in total. The van der Waals surface area contributed by atoms with Crippen molar-refractivity contribution in [3.63, 3.8) is 0 Å². The van der Waals surface area contributed by atoms with Crippen molar-refractivity contribution in [3.05, 3.63) is 12.2 Å². The molecule has 0 spiro atoms. The summed E-state index contributed by atoms with van der Waals surface area (Å²) in [7, 11) is 0. The molecule has 5 nitrogen and oxygen atoms in total. The summed E-state index contributed by atoms with van der Waals surface area (Å²) in [5, 5.41) is 0. The number of nitrogens with zero attached hydrogens (tertiary/aromatic N) is 1. The molecule has 1 aliphatic rings. The Morgan fingerprint density at radius 3 is 2.13 bits per heavy atom. The molecule has 0 fully saturated rings. The van der Waals surface area contributed by atoms with E-state index in [2.05, 4.69) is 0 Å². The van der Waals surface area contributed by atoms with Gasteiger partial charge in [-0.3, -0.25) is 19.3 Å². The molecule has 82 valence electrons. The number of hydrogen-bond donors (Lipinski definition) is 0. The molecule has 2 amide bonds. The van der Waals surface area contributed by atoms with Crippen LogP contribution < -0.4 is 0 Å². The number of ether oxygens (including phenoxy) is 1. The summed E-state index contributed by atoms with van der Waals surface area (Å²) in [6, 6.07) is 0. The molecular formula is C10H13NO4. The lowest BCUT2D eigenvalue weighted by Gasteiger charge is -2.21. The van der Waals surface area contributed by atoms with E-state index in [1.165, 1.54) is 0 Å². The molecule has 5 heteroatoms. The Bertz CT molecular complexity index is 320. The Hall–Kier alpha value is -1.65. The van der Waals surface area contributed by atoms with Gasteiger partial charge >= 0.3 is 5.97 Å². The molecular weight excluding hydrogens is 198 g/mol. The highest BCUT2D eigenvalue weighted by atomic mass is 16.6. The minimum absolute atomic E-state index is 0.331. The van der Waals surface area contributed by atoms with Crippen molar-refractivity contribution in [2.24, 2.45) is 0 Å². The monoisotopic (exact) mass is 211 g/mol. The van der Waals surface area contributed by atoms with Gasteiger partial charge in [-0.05, 0) is 20.8 Å². The van der Waals surface area contributed by atoms with Crippen LogP contribution in [0.3, 0.4) is 0 Å². The maximum atomic E-state index is 11.3. The molecule has 0 aromatic rings. The predicted molar refractivity (Wildman–Crippen MR) is 51.7 cm³/mol. The number of rotatable bonds is 2. The maximum Gasteiger partial charge on any atom is 0.326 e. The normalized spacial score (nSPS) is 16.1. The first-order valence-electron chi connectivity index (χ1n) is 4.55. The van der Waals surface area contributed by atoms with Crippen LogP contribution in [0.4, 0.5) is 0 Å². The van der Waals surface area contributed by atoms with Crippen LogP contribution >= 0.6 is 0 Å². The van der Waals surface area contributed by atoms with Crippen molar-refractivity contribution < 1.29 is 19.1 Å². The number of hydrogen-bond acceptors (Lipinski definition) is 4. The van der Waals surface area contributed by atoms with E-state index in [4.69, 9.17) is 4.74 Å². The van der Waals surface area contributed by atoms with Gasteiger partial charge in [0, 0.05) is 12.2 Å². The van der Waals surface area contributed by atoms with Crippen LogP contribution in [0.1, 0.15) is 20.8 Å². The molecule has 0 aliphatic carbocycles. The molecule has 0 aromatic heterocycles. The fraction of sp³-hybridized carbons (Fsp3) is 0.500. The van der Waals surface area contributed by atoms with Crippen LogP contribution in [-0.2, 0) is 19.1 Å². The minimum Gasteiger partial charge on any atom is -0.459 e. The lowest BCUT2D eigenvalue weighted by atomic mass is 10.2. The van der Waals surface area contributed by atoms with Crippen molar-refractivity contribution >= 4 is 17.8 Å². The second-order valence-corrected chi connectivity index (χ2v) is 4.18. The van der Waals surface area contributed by atoms with E-state index >= 15 is 0 Å². The van der Waals surface area contributed by atoms with Gasteiger partial charge in [0.05, 0.1) is 0 Å². The van der Waals surface area contributed by atoms with E-state index < -0.39 is 23.4 Å². The molecule has 0 atom stereocenters. The molecule has 0 radical (unpaired) electrons. The molecule has 15 heavy (non-hydrogen) atoms. The van der Waals surface area contributed by atoms with Gasteiger partial charge in [0.1, 0.15) is 12.1 Å². The van der Waals surface area contributed by atoms with E-state index in [-0.39, 0.29) is 6.54 Å². The standard InChI is InChI=1S/C10H13NO4/c1-10(2,3)15-9(14)6-11-7(12)4-5-8(11)13/h4-5H,6H2,1-3H3. The Kier molecular flexibility index (Phi) is 2.93. The highest BCUT2D eigenvalue weighted by Gasteiger charge is 2.27. The van der Waals surface area contributed by atoms with Crippen molar-refractivity contribution in [2.45, 2.75) is 26.4 Å². The van der Waals surface area contributed by atoms with E-state index in [9.17, 15) is 14.4 Å². The first-order chi connectivity index (χ1) is 6.79. The van der Waals surface area contributed by atoms with Gasteiger partial charge in [-0.2, -0.15) is 0 Å². The predicted octanol–water partition coefficient (Wildman–Crippen LogP) is 0.253. The van der Waals surface area contributed by atoms with Crippen LogP contribution in [0, 0.1) is 0 Å². The van der Waals surface area contributed by atoms with Crippen LogP contribution in [0.15, 0.2) is 12.2 Å². The quantitative estimate of drug-likeness (QED) is 0.485. The minimum atomic E-state index is -0.615. The summed E-state index contributed by atoms with van der Waals surface area (Å²) in [6.07, 6.45) is 2.26. The van der Waals surface area contributed by atoms with Crippen LogP contribution in [0.5, 0.6) is 0 Å². The average Bonchev–Trinajstić information content (AvgIpc) is 2.32. The maximum absolute atomic E-state index is 11.3. The smallest absolute Gasteiger partial charge is 0.326 e. The SMILES string of the molecule is CC(C)(C)OC(=O)CN1C(=O)C=CC1=O. The Labute approximate surface area is 87.7 Å². The second-order valence-electron chi connectivity index (χ2n) is 4.18. The van der Waals surface area contributed by atoms with Gasteiger partial charge in [0.15, 0.2) is 0 Å². The third-order valence-corrected chi connectivity index (χ3v) is 1.61. The summed E-state index contributed by atoms with van der Waals surface area (Å²) in [5.41, 5.74) is -0.615. The lowest BCUT2D eigenvalue weighted by Crippen LogP contribution is -2.38. The van der Waals surface area contributed by atoms with Crippen LogP contribution in [0.2, 0.25) is 0 Å². The zero-order valence-corrected chi connectivity index (χ0v) is 8.94. The number of esters is 1. The van der Waals surface area contributed by atoms with Gasteiger partial charge < -0.3 is 4.74 Å². The third-order valence-electron chi connectivity index (χ3n) is 1.61. The first kappa shape index (κ1) is 11.4. The summed E-state index contributed by atoms with van der Waals surface area (Å²) in [5.74, 6) is -1.55. The van der Waals surface area contributed by atoms with Gasteiger partial charge in [0.2, 0.25) is 0 Å². The summed E-state index contributed by atoms with van der Waals surface area (Å²) < 4.78 is 4.98. The number of amides is 2. The molecule has 1 aliphatic heterocycles. The van der Waals surface area contributed by atoms with E-state index in [1.807, 2.05) is 0 Å². The summed E-state index contributed by atoms with van der Waals surface area (Å²) >= 11 is 0. The van der Waals surface area contributed by atoms with Gasteiger partial charge in [-0.25, -0.2) is 0 Å². The Morgan fingerprint density at radius 1 is 1.27 bits per heavy atom. The number of carbonyl (C=O) groups excluding carboxylic acids is 3. The molecule has 0 aromatic carbocycles. The van der Waals surface area contributed by atoms with Crippen LogP contribution in [-0.4, -0.2) is 34.8 Å². The molecule has 0 saturated carbocycles. The summed E-state index contributed by atoms with van der Waals surface area (Å²) in [4.78, 5) is 34.3. The van der Waals surface area contributed by atoms with Crippen LogP contribution in [0.25, 0.3) is 0 Å². The van der Waals surface area contributed by atoms with Gasteiger partial charge in [-0.1, -0.05) is 0 Å². The van der Waals surface area contributed by atoms with E-state index in [1.54, 1.807) is 20.8 Å². The molecule has 1 heterocycles. The topological polar surface area (TPSA) is 63.7 Å². The molecule has 1 rings (SSSR count). The molecule has 0 unspecified atom stereocenters. The van der Waals surface area contributed by atoms with Gasteiger partial charge in [-0.15, -0.1) is 0 Å². The largest absolute Gasteiger partial charge is 0.459 e. The Morgan fingerprint density at radius 2 is 1.73 bits per heavy atom. The summed E-state index contributed by atoms with van der Waals surface area (Å²) in [6.45, 7) is 4.83. The average molecular weight is 211 g/mol. The van der Waals surface area contributed by atoms with E-state index in [0.29, 0.717) is 0 Å². The molecule has 0 bridgehead atoms.